The Morgan fingerprint density at radius 2 is 2.16 bits per heavy atom. The summed E-state index contributed by atoms with van der Waals surface area (Å²) >= 11 is 3.12. The van der Waals surface area contributed by atoms with Crippen LogP contribution in [-0.2, 0) is 0 Å². The number of nitro benzene ring substituents is 1. The highest BCUT2D eigenvalue weighted by Gasteiger charge is 2.17. The van der Waals surface area contributed by atoms with E-state index in [2.05, 4.69) is 20.9 Å². The molecule has 0 unspecified atom stereocenters. The van der Waals surface area contributed by atoms with E-state index in [-0.39, 0.29) is 21.7 Å². The number of nitro groups is 1. The minimum atomic E-state index is -0.522. The summed E-state index contributed by atoms with van der Waals surface area (Å²) in [6.07, 6.45) is 2.84. The first-order valence-corrected chi connectivity index (χ1v) is 5.87. The third-order valence-corrected chi connectivity index (χ3v) is 3.06. The molecule has 7 heteroatoms. The maximum absolute atomic E-state index is 10.8. The highest BCUT2D eigenvalue weighted by Crippen LogP contribution is 2.36. The second-order valence-corrected chi connectivity index (χ2v) is 4.23. The van der Waals surface area contributed by atoms with E-state index in [1.54, 1.807) is 6.07 Å². The second kappa shape index (κ2) is 5.46. The minimum absolute atomic E-state index is 0.111. The van der Waals surface area contributed by atoms with Crippen LogP contribution in [0.25, 0.3) is 0 Å². The number of halogens is 1. The Balaban J connectivity index is 2.42. The van der Waals surface area contributed by atoms with Crippen molar-refractivity contribution in [3.05, 3.63) is 56.8 Å². The standard InChI is InChI=1S/C12H6BrN3O3/c13-12-9(16(17)18)2-1-3-10(12)19-11-7-15-5-4-8(11)6-14/h1-5,7H. The van der Waals surface area contributed by atoms with Gasteiger partial charge in [0.2, 0.25) is 0 Å². The van der Waals surface area contributed by atoms with Crippen LogP contribution in [0.2, 0.25) is 0 Å². The largest absolute Gasteiger partial charge is 0.453 e. The van der Waals surface area contributed by atoms with E-state index in [9.17, 15) is 10.1 Å². The van der Waals surface area contributed by atoms with E-state index in [0.29, 0.717) is 5.56 Å². The molecular weight excluding hydrogens is 314 g/mol. The van der Waals surface area contributed by atoms with Crippen LogP contribution in [-0.4, -0.2) is 9.91 Å². The van der Waals surface area contributed by atoms with Gasteiger partial charge < -0.3 is 4.74 Å². The number of hydrogen-bond acceptors (Lipinski definition) is 5. The maximum atomic E-state index is 10.8. The maximum Gasteiger partial charge on any atom is 0.287 e. The molecule has 0 fully saturated rings. The molecule has 6 nitrogen and oxygen atoms in total. The van der Waals surface area contributed by atoms with Gasteiger partial charge in [-0.3, -0.25) is 15.1 Å². The summed E-state index contributed by atoms with van der Waals surface area (Å²) in [5, 5.41) is 19.7. The summed E-state index contributed by atoms with van der Waals surface area (Å²) in [6.45, 7) is 0. The fraction of sp³-hybridized carbons (Fsp3) is 0. The summed E-state index contributed by atoms with van der Waals surface area (Å²) in [5.74, 6) is 0.491. The molecule has 0 radical (unpaired) electrons. The predicted octanol–water partition coefficient (Wildman–Crippen LogP) is 3.42. The lowest BCUT2D eigenvalue weighted by molar-refractivity contribution is -0.385. The van der Waals surface area contributed by atoms with Crippen molar-refractivity contribution in [1.29, 1.82) is 5.26 Å². The van der Waals surface area contributed by atoms with Crippen molar-refractivity contribution < 1.29 is 9.66 Å². The Morgan fingerprint density at radius 1 is 1.37 bits per heavy atom. The van der Waals surface area contributed by atoms with E-state index in [1.165, 1.54) is 30.6 Å². The number of rotatable bonds is 3. The summed E-state index contributed by atoms with van der Waals surface area (Å²) < 4.78 is 5.70. The first-order valence-electron chi connectivity index (χ1n) is 5.08. The summed E-state index contributed by atoms with van der Waals surface area (Å²) in [4.78, 5) is 14.1. The Hall–Kier alpha value is -2.46. The molecule has 0 amide bonds. The number of nitrogens with zero attached hydrogens (tertiary/aromatic N) is 3. The predicted molar refractivity (Wildman–Crippen MR) is 69.8 cm³/mol. The topological polar surface area (TPSA) is 89.0 Å². The number of nitriles is 1. The van der Waals surface area contributed by atoms with Crippen molar-refractivity contribution in [2.45, 2.75) is 0 Å². The number of aromatic nitrogens is 1. The summed E-state index contributed by atoms with van der Waals surface area (Å²) in [6, 6.07) is 7.87. The van der Waals surface area contributed by atoms with Gasteiger partial charge in [-0.1, -0.05) is 6.07 Å². The molecule has 94 valence electrons. The van der Waals surface area contributed by atoms with Crippen LogP contribution < -0.4 is 4.74 Å². The molecule has 19 heavy (non-hydrogen) atoms. The molecule has 0 aliphatic heterocycles. The van der Waals surface area contributed by atoms with Gasteiger partial charge in [0.25, 0.3) is 5.69 Å². The van der Waals surface area contributed by atoms with E-state index in [4.69, 9.17) is 10.00 Å². The van der Waals surface area contributed by atoms with Gasteiger partial charge in [-0.15, -0.1) is 0 Å². The zero-order valence-corrected chi connectivity index (χ0v) is 11.0. The van der Waals surface area contributed by atoms with Gasteiger partial charge >= 0.3 is 0 Å². The van der Waals surface area contributed by atoms with Crippen molar-refractivity contribution in [3.8, 4) is 17.6 Å². The lowest BCUT2D eigenvalue weighted by Crippen LogP contribution is -1.94. The molecule has 2 aromatic rings. The molecule has 0 aliphatic carbocycles. The van der Waals surface area contributed by atoms with Crippen molar-refractivity contribution in [2.75, 3.05) is 0 Å². The Morgan fingerprint density at radius 3 is 2.84 bits per heavy atom. The van der Waals surface area contributed by atoms with E-state index < -0.39 is 4.92 Å². The summed E-state index contributed by atoms with van der Waals surface area (Å²) in [7, 11) is 0. The molecule has 0 saturated heterocycles. The van der Waals surface area contributed by atoms with E-state index >= 15 is 0 Å². The normalized spacial score (nSPS) is 9.68. The lowest BCUT2D eigenvalue weighted by atomic mass is 10.2. The smallest absolute Gasteiger partial charge is 0.287 e. The van der Waals surface area contributed by atoms with E-state index in [1.807, 2.05) is 6.07 Å². The Kier molecular flexibility index (Phi) is 3.73. The molecule has 0 aliphatic rings. The number of hydrogen-bond donors (Lipinski definition) is 0. The molecule has 0 N–H and O–H groups in total. The van der Waals surface area contributed by atoms with Crippen LogP contribution >= 0.6 is 15.9 Å². The van der Waals surface area contributed by atoms with Crippen molar-refractivity contribution >= 4 is 21.6 Å². The summed E-state index contributed by atoms with van der Waals surface area (Å²) in [5.41, 5.74) is 0.188. The van der Waals surface area contributed by atoms with Gasteiger partial charge in [-0.25, -0.2) is 0 Å². The average molecular weight is 320 g/mol. The van der Waals surface area contributed by atoms with Gasteiger partial charge in [0.1, 0.15) is 16.3 Å². The van der Waals surface area contributed by atoms with Crippen LogP contribution in [0.15, 0.2) is 41.1 Å². The number of pyridine rings is 1. The van der Waals surface area contributed by atoms with Crippen LogP contribution in [0.5, 0.6) is 11.5 Å². The van der Waals surface area contributed by atoms with Gasteiger partial charge in [0, 0.05) is 12.3 Å². The lowest BCUT2D eigenvalue weighted by Gasteiger charge is -2.08. The zero-order chi connectivity index (χ0) is 13.8. The highest BCUT2D eigenvalue weighted by molar-refractivity contribution is 9.10. The van der Waals surface area contributed by atoms with E-state index in [0.717, 1.165) is 0 Å². The van der Waals surface area contributed by atoms with Crippen LogP contribution in [0.4, 0.5) is 5.69 Å². The highest BCUT2D eigenvalue weighted by atomic mass is 79.9. The van der Waals surface area contributed by atoms with Crippen LogP contribution in [0.1, 0.15) is 5.56 Å². The molecule has 0 atom stereocenters. The second-order valence-electron chi connectivity index (χ2n) is 3.43. The minimum Gasteiger partial charge on any atom is -0.453 e. The zero-order valence-electron chi connectivity index (χ0n) is 9.41. The molecule has 1 aromatic heterocycles. The molecule has 1 heterocycles. The third-order valence-electron chi connectivity index (χ3n) is 2.26. The first kappa shape index (κ1) is 13.0. The Bertz CT molecular complexity index is 682. The number of ether oxygens (including phenoxy) is 1. The Labute approximate surface area is 116 Å². The molecular formula is C12H6BrN3O3. The van der Waals surface area contributed by atoms with Crippen molar-refractivity contribution in [1.82, 2.24) is 4.98 Å². The molecule has 2 rings (SSSR count). The van der Waals surface area contributed by atoms with Crippen molar-refractivity contribution in [3.63, 3.8) is 0 Å². The van der Waals surface area contributed by atoms with Crippen LogP contribution in [0.3, 0.4) is 0 Å². The van der Waals surface area contributed by atoms with Gasteiger partial charge in [0.05, 0.1) is 16.7 Å². The fourth-order valence-corrected chi connectivity index (χ4v) is 1.88. The molecule has 0 spiro atoms. The van der Waals surface area contributed by atoms with Crippen molar-refractivity contribution in [2.24, 2.45) is 0 Å². The third kappa shape index (κ3) is 2.69. The number of benzene rings is 1. The van der Waals surface area contributed by atoms with Gasteiger partial charge in [-0.05, 0) is 28.1 Å². The van der Waals surface area contributed by atoms with Crippen LogP contribution in [0, 0.1) is 21.4 Å². The van der Waals surface area contributed by atoms with Gasteiger partial charge in [0.15, 0.2) is 5.75 Å². The molecule has 0 bridgehead atoms. The fourth-order valence-electron chi connectivity index (χ4n) is 1.39. The molecule has 0 saturated carbocycles. The SMILES string of the molecule is N#Cc1ccncc1Oc1cccc([N+](=O)[O-])c1Br. The van der Waals surface area contributed by atoms with Gasteiger partial charge in [-0.2, -0.15) is 5.26 Å². The quantitative estimate of drug-likeness (QED) is 0.638. The average Bonchev–Trinajstić information content (AvgIpc) is 2.41. The monoisotopic (exact) mass is 319 g/mol. The molecule has 1 aromatic carbocycles. The first-order chi connectivity index (χ1) is 9.13.